The van der Waals surface area contributed by atoms with E-state index in [1.807, 2.05) is 0 Å². The van der Waals surface area contributed by atoms with Crippen molar-refractivity contribution in [3.05, 3.63) is 0 Å². The monoisotopic (exact) mass is 268 g/mol. The topological polar surface area (TPSA) is 46.3 Å². The predicted molar refractivity (Wildman–Crippen MR) is 80.9 cm³/mol. The van der Waals surface area contributed by atoms with E-state index in [1.54, 1.807) is 0 Å². The predicted octanol–water partition coefficient (Wildman–Crippen LogP) is 3.18. The van der Waals surface area contributed by atoms with Crippen molar-refractivity contribution in [2.75, 3.05) is 13.1 Å². The lowest BCUT2D eigenvalue weighted by Gasteiger charge is -2.38. The first-order valence-electron chi connectivity index (χ1n) is 8.09. The molecular formula is C16H32N2O. The van der Waals surface area contributed by atoms with Crippen LogP contribution in [0.3, 0.4) is 0 Å². The van der Waals surface area contributed by atoms with Gasteiger partial charge in [0.05, 0.1) is 0 Å². The molecule has 0 aromatic carbocycles. The number of rotatable bonds is 7. The summed E-state index contributed by atoms with van der Waals surface area (Å²) in [5.41, 5.74) is 5.65. The second-order valence-electron chi connectivity index (χ2n) is 6.22. The van der Waals surface area contributed by atoms with E-state index in [2.05, 4.69) is 25.7 Å². The first kappa shape index (κ1) is 16.5. The van der Waals surface area contributed by atoms with Crippen LogP contribution < -0.4 is 5.73 Å². The van der Waals surface area contributed by atoms with Crippen molar-refractivity contribution in [3.8, 4) is 0 Å². The number of piperidine rings is 1. The largest absolute Gasteiger partial charge is 0.340 e. The number of hydrogen-bond donors (Lipinski definition) is 1. The van der Waals surface area contributed by atoms with E-state index in [1.165, 1.54) is 25.7 Å². The van der Waals surface area contributed by atoms with Crippen molar-refractivity contribution < 1.29 is 4.79 Å². The maximum Gasteiger partial charge on any atom is 0.222 e. The fourth-order valence-electron chi connectivity index (χ4n) is 3.24. The van der Waals surface area contributed by atoms with E-state index >= 15 is 0 Å². The van der Waals surface area contributed by atoms with Gasteiger partial charge in [-0.1, -0.05) is 26.7 Å². The molecule has 0 bridgehead atoms. The molecule has 0 saturated carbocycles. The zero-order chi connectivity index (χ0) is 14.3. The minimum Gasteiger partial charge on any atom is -0.340 e. The SMILES string of the molecule is CCCC(CCN)CCC(=O)N1CCCC(C)C1C. The third kappa shape index (κ3) is 5.13. The fraction of sp³-hybridized carbons (Fsp3) is 0.938. The third-order valence-electron chi connectivity index (χ3n) is 4.73. The molecule has 1 saturated heterocycles. The Labute approximate surface area is 118 Å². The summed E-state index contributed by atoms with van der Waals surface area (Å²) in [7, 11) is 0. The summed E-state index contributed by atoms with van der Waals surface area (Å²) >= 11 is 0. The normalized spacial score (nSPS) is 25.4. The van der Waals surface area contributed by atoms with Gasteiger partial charge in [0, 0.05) is 19.0 Å². The summed E-state index contributed by atoms with van der Waals surface area (Å²) in [6.07, 6.45) is 7.61. The van der Waals surface area contributed by atoms with Gasteiger partial charge in [-0.2, -0.15) is 0 Å². The summed E-state index contributed by atoms with van der Waals surface area (Å²) in [5.74, 6) is 1.64. The Bertz CT molecular complexity index is 261. The molecule has 1 aliphatic heterocycles. The Balaban J connectivity index is 2.40. The summed E-state index contributed by atoms with van der Waals surface area (Å²) < 4.78 is 0. The van der Waals surface area contributed by atoms with E-state index in [4.69, 9.17) is 5.73 Å². The summed E-state index contributed by atoms with van der Waals surface area (Å²) in [6, 6.07) is 0.417. The van der Waals surface area contributed by atoms with E-state index < -0.39 is 0 Å². The number of nitrogens with two attached hydrogens (primary N) is 1. The van der Waals surface area contributed by atoms with Crippen LogP contribution in [0, 0.1) is 11.8 Å². The molecule has 1 amide bonds. The minimum atomic E-state index is 0.358. The molecule has 0 aliphatic carbocycles. The van der Waals surface area contributed by atoms with Crippen molar-refractivity contribution in [1.82, 2.24) is 4.90 Å². The summed E-state index contributed by atoms with van der Waals surface area (Å²) in [5, 5.41) is 0. The van der Waals surface area contributed by atoms with Gasteiger partial charge >= 0.3 is 0 Å². The molecule has 0 aromatic rings. The Kier molecular flexibility index (Phi) is 7.44. The zero-order valence-corrected chi connectivity index (χ0v) is 13.0. The molecule has 19 heavy (non-hydrogen) atoms. The van der Waals surface area contributed by atoms with E-state index in [0.29, 0.717) is 30.2 Å². The highest BCUT2D eigenvalue weighted by Gasteiger charge is 2.28. The lowest BCUT2D eigenvalue weighted by molar-refractivity contribution is -0.136. The lowest BCUT2D eigenvalue weighted by atomic mass is 9.90. The average Bonchev–Trinajstić information content (AvgIpc) is 2.39. The van der Waals surface area contributed by atoms with Crippen molar-refractivity contribution in [2.45, 2.75) is 71.8 Å². The third-order valence-corrected chi connectivity index (χ3v) is 4.73. The van der Waals surface area contributed by atoms with Crippen LogP contribution in [0.5, 0.6) is 0 Å². The van der Waals surface area contributed by atoms with Gasteiger partial charge in [-0.3, -0.25) is 4.79 Å². The van der Waals surface area contributed by atoms with Gasteiger partial charge in [0.25, 0.3) is 0 Å². The Morgan fingerprint density at radius 1 is 1.32 bits per heavy atom. The highest BCUT2D eigenvalue weighted by atomic mass is 16.2. The molecule has 3 atom stereocenters. The van der Waals surface area contributed by atoms with Crippen LogP contribution in [-0.4, -0.2) is 29.9 Å². The highest BCUT2D eigenvalue weighted by molar-refractivity contribution is 5.76. The van der Waals surface area contributed by atoms with E-state index in [9.17, 15) is 4.79 Å². The number of carbonyl (C=O) groups excluding carboxylic acids is 1. The Hall–Kier alpha value is -0.570. The van der Waals surface area contributed by atoms with Crippen molar-refractivity contribution in [1.29, 1.82) is 0 Å². The molecule has 112 valence electrons. The Morgan fingerprint density at radius 2 is 2.05 bits per heavy atom. The summed E-state index contributed by atoms with van der Waals surface area (Å²) in [6.45, 7) is 8.37. The molecule has 3 unspecified atom stereocenters. The van der Waals surface area contributed by atoms with Gasteiger partial charge in [-0.15, -0.1) is 0 Å². The van der Waals surface area contributed by atoms with Crippen LogP contribution in [0.4, 0.5) is 0 Å². The first-order chi connectivity index (χ1) is 9.10. The van der Waals surface area contributed by atoms with Crippen LogP contribution in [0.2, 0.25) is 0 Å². The van der Waals surface area contributed by atoms with Crippen LogP contribution in [0.1, 0.15) is 65.7 Å². The second-order valence-corrected chi connectivity index (χ2v) is 6.22. The van der Waals surface area contributed by atoms with E-state index in [0.717, 1.165) is 25.9 Å². The van der Waals surface area contributed by atoms with Crippen molar-refractivity contribution >= 4 is 5.91 Å². The molecule has 3 nitrogen and oxygen atoms in total. The maximum absolute atomic E-state index is 12.4. The van der Waals surface area contributed by atoms with Crippen LogP contribution in [0.25, 0.3) is 0 Å². The molecule has 1 fully saturated rings. The van der Waals surface area contributed by atoms with Crippen molar-refractivity contribution in [3.63, 3.8) is 0 Å². The molecule has 3 heteroatoms. The molecular weight excluding hydrogens is 236 g/mol. The van der Waals surface area contributed by atoms with Gasteiger partial charge in [-0.25, -0.2) is 0 Å². The molecule has 1 heterocycles. The van der Waals surface area contributed by atoms with Gasteiger partial charge in [-0.05, 0) is 51.0 Å². The van der Waals surface area contributed by atoms with Crippen LogP contribution in [0.15, 0.2) is 0 Å². The average molecular weight is 268 g/mol. The number of likely N-dealkylation sites (tertiary alicyclic amines) is 1. The first-order valence-corrected chi connectivity index (χ1v) is 8.09. The van der Waals surface area contributed by atoms with Crippen LogP contribution in [-0.2, 0) is 4.79 Å². The Morgan fingerprint density at radius 3 is 2.68 bits per heavy atom. The second kappa shape index (κ2) is 8.57. The van der Waals surface area contributed by atoms with Gasteiger partial charge in [0.1, 0.15) is 0 Å². The van der Waals surface area contributed by atoms with Crippen molar-refractivity contribution in [2.24, 2.45) is 17.6 Å². The quantitative estimate of drug-likeness (QED) is 0.771. The number of nitrogens with zero attached hydrogens (tertiary/aromatic N) is 1. The molecule has 1 rings (SSSR count). The molecule has 0 spiro atoms. The maximum atomic E-state index is 12.4. The molecule has 2 N–H and O–H groups in total. The van der Waals surface area contributed by atoms with Gasteiger partial charge in [0.15, 0.2) is 0 Å². The highest BCUT2D eigenvalue weighted by Crippen LogP contribution is 2.25. The van der Waals surface area contributed by atoms with Gasteiger partial charge < -0.3 is 10.6 Å². The zero-order valence-electron chi connectivity index (χ0n) is 13.0. The summed E-state index contributed by atoms with van der Waals surface area (Å²) in [4.78, 5) is 14.5. The smallest absolute Gasteiger partial charge is 0.222 e. The number of hydrogen-bond acceptors (Lipinski definition) is 2. The number of amides is 1. The number of carbonyl (C=O) groups is 1. The standard InChI is InChI=1S/C16H32N2O/c1-4-6-15(10-11-17)8-9-16(19)18-12-5-7-13(2)14(18)3/h13-15H,4-12,17H2,1-3H3. The van der Waals surface area contributed by atoms with E-state index in [-0.39, 0.29) is 0 Å². The lowest BCUT2D eigenvalue weighted by Crippen LogP contribution is -2.46. The molecule has 1 aliphatic rings. The van der Waals surface area contributed by atoms with Gasteiger partial charge in [0.2, 0.25) is 5.91 Å². The van der Waals surface area contributed by atoms with Crippen LogP contribution >= 0.6 is 0 Å². The molecule has 0 aromatic heterocycles. The minimum absolute atomic E-state index is 0.358. The fourth-order valence-corrected chi connectivity index (χ4v) is 3.24. The molecule has 0 radical (unpaired) electrons.